The molecule has 0 bridgehead atoms. The zero-order valence-electron chi connectivity index (χ0n) is 11.0. The first-order chi connectivity index (χ1) is 7.79. The third-order valence-electron chi connectivity index (χ3n) is 4.53. The van der Waals surface area contributed by atoms with Crippen molar-refractivity contribution in [3.8, 4) is 0 Å². The van der Waals surface area contributed by atoms with Crippen LogP contribution in [-0.4, -0.2) is 36.6 Å². The van der Waals surface area contributed by atoms with Crippen LogP contribution in [0, 0.1) is 5.92 Å². The minimum absolute atomic E-state index is 0.728. The molecule has 2 rings (SSSR count). The van der Waals surface area contributed by atoms with Crippen LogP contribution in [0.25, 0.3) is 0 Å². The normalized spacial score (nSPS) is 34.1. The van der Waals surface area contributed by atoms with Crippen molar-refractivity contribution in [1.82, 2.24) is 10.2 Å². The van der Waals surface area contributed by atoms with Crippen molar-refractivity contribution in [3.63, 3.8) is 0 Å². The van der Waals surface area contributed by atoms with Gasteiger partial charge in [0.1, 0.15) is 0 Å². The number of nitrogens with zero attached hydrogens (tertiary/aromatic N) is 1. The van der Waals surface area contributed by atoms with Gasteiger partial charge in [0, 0.05) is 25.2 Å². The number of nitrogens with one attached hydrogen (secondary N) is 1. The highest BCUT2D eigenvalue weighted by molar-refractivity contribution is 4.82. The molecular formula is C14H28N2. The molecule has 1 heterocycles. The molecule has 1 N–H and O–H groups in total. The van der Waals surface area contributed by atoms with Gasteiger partial charge >= 0.3 is 0 Å². The SMILES string of the molecule is CCC1CN(CC2CCCC2)C(C)CCN1. The topological polar surface area (TPSA) is 15.3 Å². The standard InChI is InChI=1S/C14H28N2/c1-3-14-11-16(12(2)8-9-15-14)10-13-6-4-5-7-13/h12-15H,3-11H2,1-2H3. The Morgan fingerprint density at radius 1 is 1.19 bits per heavy atom. The minimum atomic E-state index is 0.728. The molecule has 0 aromatic rings. The van der Waals surface area contributed by atoms with E-state index in [9.17, 15) is 0 Å². The summed E-state index contributed by atoms with van der Waals surface area (Å²) in [7, 11) is 0. The lowest BCUT2D eigenvalue weighted by atomic mass is 10.1. The Morgan fingerprint density at radius 3 is 2.62 bits per heavy atom. The molecule has 2 heteroatoms. The van der Waals surface area contributed by atoms with Gasteiger partial charge in [-0.3, -0.25) is 4.90 Å². The molecule has 1 aliphatic carbocycles. The highest BCUT2D eigenvalue weighted by Crippen LogP contribution is 2.26. The van der Waals surface area contributed by atoms with Gasteiger partial charge in [-0.15, -0.1) is 0 Å². The summed E-state index contributed by atoms with van der Waals surface area (Å²) >= 11 is 0. The average molecular weight is 224 g/mol. The van der Waals surface area contributed by atoms with Gasteiger partial charge in [-0.05, 0) is 45.1 Å². The van der Waals surface area contributed by atoms with Gasteiger partial charge in [-0.1, -0.05) is 19.8 Å². The summed E-state index contributed by atoms with van der Waals surface area (Å²) in [6.45, 7) is 8.56. The Hall–Kier alpha value is -0.0800. The molecule has 0 amide bonds. The summed E-state index contributed by atoms with van der Waals surface area (Å²) < 4.78 is 0. The van der Waals surface area contributed by atoms with E-state index < -0.39 is 0 Å². The van der Waals surface area contributed by atoms with Crippen LogP contribution in [-0.2, 0) is 0 Å². The first-order valence-corrected chi connectivity index (χ1v) is 7.27. The van der Waals surface area contributed by atoms with Gasteiger partial charge in [0.05, 0.1) is 0 Å². The van der Waals surface area contributed by atoms with E-state index in [-0.39, 0.29) is 0 Å². The summed E-state index contributed by atoms with van der Waals surface area (Å²) in [6, 6.07) is 1.51. The number of hydrogen-bond donors (Lipinski definition) is 1. The van der Waals surface area contributed by atoms with E-state index in [2.05, 4.69) is 24.1 Å². The molecule has 0 spiro atoms. The van der Waals surface area contributed by atoms with Crippen LogP contribution in [0.3, 0.4) is 0 Å². The van der Waals surface area contributed by atoms with Crippen LogP contribution in [0.2, 0.25) is 0 Å². The van der Waals surface area contributed by atoms with Crippen LogP contribution in [0.4, 0.5) is 0 Å². The van der Waals surface area contributed by atoms with Crippen LogP contribution in [0.1, 0.15) is 52.4 Å². The van der Waals surface area contributed by atoms with Crippen LogP contribution in [0.15, 0.2) is 0 Å². The molecule has 1 aliphatic heterocycles. The summed E-state index contributed by atoms with van der Waals surface area (Å²) in [5, 5.41) is 3.67. The predicted molar refractivity (Wildman–Crippen MR) is 69.7 cm³/mol. The highest BCUT2D eigenvalue weighted by Gasteiger charge is 2.25. The number of rotatable bonds is 3. The van der Waals surface area contributed by atoms with Gasteiger partial charge in [0.2, 0.25) is 0 Å². The summed E-state index contributed by atoms with van der Waals surface area (Å²) in [6.07, 6.45) is 8.50. The fourth-order valence-electron chi connectivity index (χ4n) is 3.26. The van der Waals surface area contributed by atoms with Gasteiger partial charge in [-0.2, -0.15) is 0 Å². The second-order valence-electron chi connectivity index (χ2n) is 5.80. The second-order valence-corrected chi connectivity index (χ2v) is 5.80. The Bertz CT molecular complexity index is 199. The van der Waals surface area contributed by atoms with Crippen LogP contribution < -0.4 is 5.32 Å². The van der Waals surface area contributed by atoms with Gasteiger partial charge in [0.25, 0.3) is 0 Å². The zero-order chi connectivity index (χ0) is 11.4. The Balaban J connectivity index is 1.87. The molecule has 2 unspecified atom stereocenters. The Labute approximate surface area is 101 Å². The maximum atomic E-state index is 3.67. The maximum Gasteiger partial charge on any atom is 0.0192 e. The molecular weight excluding hydrogens is 196 g/mol. The fraction of sp³-hybridized carbons (Fsp3) is 1.00. The summed E-state index contributed by atoms with van der Waals surface area (Å²) in [4.78, 5) is 2.75. The van der Waals surface area contributed by atoms with Crippen molar-refractivity contribution in [1.29, 1.82) is 0 Å². The largest absolute Gasteiger partial charge is 0.313 e. The summed E-state index contributed by atoms with van der Waals surface area (Å²) in [5.41, 5.74) is 0. The Morgan fingerprint density at radius 2 is 1.94 bits per heavy atom. The second kappa shape index (κ2) is 6.02. The van der Waals surface area contributed by atoms with E-state index in [1.54, 1.807) is 0 Å². The van der Waals surface area contributed by atoms with Crippen molar-refractivity contribution in [3.05, 3.63) is 0 Å². The van der Waals surface area contributed by atoms with Gasteiger partial charge in [0.15, 0.2) is 0 Å². The van der Waals surface area contributed by atoms with E-state index in [0.717, 1.165) is 18.0 Å². The monoisotopic (exact) mass is 224 g/mol. The van der Waals surface area contributed by atoms with Crippen molar-refractivity contribution >= 4 is 0 Å². The predicted octanol–water partition coefficient (Wildman–Crippen LogP) is 2.64. The molecule has 2 aliphatic rings. The van der Waals surface area contributed by atoms with E-state index in [4.69, 9.17) is 0 Å². The first kappa shape index (κ1) is 12.4. The lowest BCUT2D eigenvalue weighted by Crippen LogP contribution is -2.41. The first-order valence-electron chi connectivity index (χ1n) is 7.27. The van der Waals surface area contributed by atoms with E-state index in [0.29, 0.717) is 0 Å². The van der Waals surface area contributed by atoms with Crippen molar-refractivity contribution in [2.24, 2.45) is 5.92 Å². The smallest absolute Gasteiger partial charge is 0.0192 e. The van der Waals surface area contributed by atoms with Crippen LogP contribution >= 0.6 is 0 Å². The van der Waals surface area contributed by atoms with E-state index >= 15 is 0 Å². The average Bonchev–Trinajstić information content (AvgIpc) is 2.72. The quantitative estimate of drug-likeness (QED) is 0.793. The molecule has 94 valence electrons. The molecule has 2 nitrogen and oxygen atoms in total. The highest BCUT2D eigenvalue weighted by atomic mass is 15.2. The lowest BCUT2D eigenvalue weighted by molar-refractivity contribution is 0.173. The van der Waals surface area contributed by atoms with Crippen LogP contribution in [0.5, 0.6) is 0 Å². The van der Waals surface area contributed by atoms with Crippen molar-refractivity contribution in [2.75, 3.05) is 19.6 Å². The van der Waals surface area contributed by atoms with E-state index in [1.165, 1.54) is 58.2 Å². The Kier molecular flexibility index (Phi) is 4.66. The van der Waals surface area contributed by atoms with Gasteiger partial charge in [-0.25, -0.2) is 0 Å². The van der Waals surface area contributed by atoms with E-state index in [1.807, 2.05) is 0 Å². The third kappa shape index (κ3) is 3.21. The maximum absolute atomic E-state index is 3.67. The number of hydrogen-bond acceptors (Lipinski definition) is 2. The molecule has 2 fully saturated rings. The molecule has 1 saturated carbocycles. The molecule has 16 heavy (non-hydrogen) atoms. The lowest BCUT2D eigenvalue weighted by Gasteiger charge is -2.31. The fourth-order valence-corrected chi connectivity index (χ4v) is 3.26. The van der Waals surface area contributed by atoms with Crippen molar-refractivity contribution in [2.45, 2.75) is 64.5 Å². The molecule has 0 aromatic carbocycles. The van der Waals surface area contributed by atoms with Gasteiger partial charge < -0.3 is 5.32 Å². The molecule has 2 atom stereocenters. The molecule has 0 radical (unpaired) electrons. The molecule has 0 aromatic heterocycles. The zero-order valence-corrected chi connectivity index (χ0v) is 11.0. The third-order valence-corrected chi connectivity index (χ3v) is 4.53. The van der Waals surface area contributed by atoms with Crippen molar-refractivity contribution < 1.29 is 0 Å². The minimum Gasteiger partial charge on any atom is -0.313 e. The summed E-state index contributed by atoms with van der Waals surface area (Å²) in [5.74, 6) is 0.998. The molecule has 1 saturated heterocycles.